The molecule has 1 atom stereocenters. The van der Waals surface area contributed by atoms with Crippen molar-refractivity contribution in [3.8, 4) is 0 Å². The number of aliphatic hydroxyl groups is 1. The zero-order chi connectivity index (χ0) is 16.4. The lowest BCUT2D eigenvalue weighted by Crippen LogP contribution is -2.62. The number of carboxylic acids is 1. The molecule has 7 nitrogen and oxygen atoms in total. The third-order valence-electron chi connectivity index (χ3n) is 3.70. The number of carboxylic acid groups (broad SMARTS) is 1. The lowest BCUT2D eigenvalue weighted by atomic mass is 10.0. The van der Waals surface area contributed by atoms with Gasteiger partial charge in [0.05, 0.1) is 31.4 Å². The summed E-state index contributed by atoms with van der Waals surface area (Å²) in [5.74, 6) is -1.05. The molecule has 2 amide bonds. The minimum absolute atomic E-state index is 0.179. The van der Waals surface area contributed by atoms with E-state index in [1.165, 1.54) is 18.7 Å². The molecule has 2 N–H and O–H groups in total. The van der Waals surface area contributed by atoms with Crippen molar-refractivity contribution in [3.05, 3.63) is 0 Å². The minimum Gasteiger partial charge on any atom is -0.480 e. The maximum absolute atomic E-state index is 12.7. The second-order valence-corrected chi connectivity index (χ2v) is 6.45. The molecule has 0 spiro atoms. The van der Waals surface area contributed by atoms with Crippen molar-refractivity contribution >= 4 is 12.0 Å². The summed E-state index contributed by atoms with van der Waals surface area (Å²) in [7, 11) is 0. The number of rotatable bonds is 4. The van der Waals surface area contributed by atoms with Gasteiger partial charge in [0.15, 0.2) is 0 Å². The highest BCUT2D eigenvalue weighted by molar-refractivity contribution is 5.85. The van der Waals surface area contributed by atoms with Crippen LogP contribution in [0.1, 0.15) is 34.6 Å². The van der Waals surface area contributed by atoms with Gasteiger partial charge >= 0.3 is 12.0 Å². The lowest BCUT2D eigenvalue weighted by molar-refractivity contribution is -0.151. The first-order valence-electron chi connectivity index (χ1n) is 7.13. The zero-order valence-corrected chi connectivity index (χ0v) is 13.4. The van der Waals surface area contributed by atoms with Crippen molar-refractivity contribution in [1.29, 1.82) is 0 Å². The van der Waals surface area contributed by atoms with Gasteiger partial charge in [0.2, 0.25) is 0 Å². The molecule has 1 saturated heterocycles. The molecule has 1 aliphatic heterocycles. The molecule has 1 rings (SSSR count). The van der Waals surface area contributed by atoms with Crippen LogP contribution in [-0.4, -0.2) is 75.5 Å². The molecular weight excluding hydrogens is 276 g/mol. The van der Waals surface area contributed by atoms with Gasteiger partial charge in [0.25, 0.3) is 0 Å². The highest BCUT2D eigenvalue weighted by Gasteiger charge is 2.42. The first-order chi connectivity index (χ1) is 9.55. The summed E-state index contributed by atoms with van der Waals surface area (Å²) in [4.78, 5) is 26.9. The normalized spacial score (nSPS) is 22.0. The fraction of sp³-hybridized carbons (Fsp3) is 0.857. The molecule has 0 bridgehead atoms. The summed E-state index contributed by atoms with van der Waals surface area (Å²) in [6.45, 7) is 9.16. The molecule has 0 aromatic carbocycles. The number of hydrogen-bond donors (Lipinski definition) is 2. The van der Waals surface area contributed by atoms with Crippen molar-refractivity contribution in [2.45, 2.75) is 51.9 Å². The van der Waals surface area contributed by atoms with Gasteiger partial charge in [-0.2, -0.15) is 0 Å². The van der Waals surface area contributed by atoms with Gasteiger partial charge in [-0.15, -0.1) is 0 Å². The van der Waals surface area contributed by atoms with E-state index < -0.39 is 23.2 Å². The predicted octanol–water partition coefficient (Wildman–Crippen LogP) is 0.763. The summed E-state index contributed by atoms with van der Waals surface area (Å²) in [5, 5.41) is 18.6. The molecule has 0 aliphatic carbocycles. The third kappa shape index (κ3) is 3.85. The smallest absolute Gasteiger partial charge is 0.329 e. The fourth-order valence-electron chi connectivity index (χ4n) is 2.59. The van der Waals surface area contributed by atoms with Gasteiger partial charge in [-0.05, 0) is 34.6 Å². The summed E-state index contributed by atoms with van der Waals surface area (Å²) in [6, 6.07) is -0.347. The van der Waals surface area contributed by atoms with Crippen LogP contribution < -0.4 is 0 Å². The molecule has 1 heterocycles. The van der Waals surface area contributed by atoms with E-state index in [0.29, 0.717) is 13.1 Å². The van der Waals surface area contributed by atoms with Crippen molar-refractivity contribution in [2.75, 3.05) is 26.2 Å². The van der Waals surface area contributed by atoms with Crippen molar-refractivity contribution in [3.63, 3.8) is 0 Å². The number of urea groups is 1. The highest BCUT2D eigenvalue weighted by atomic mass is 16.5. The molecule has 1 unspecified atom stereocenters. The van der Waals surface area contributed by atoms with Gasteiger partial charge < -0.3 is 24.7 Å². The molecule has 21 heavy (non-hydrogen) atoms. The molecule has 0 saturated carbocycles. The molecule has 7 heteroatoms. The maximum Gasteiger partial charge on any atom is 0.329 e. The SMILES string of the molecule is CCN(C(=O)N1CC(CO)OC(C)(C)C1)C(C)(C)C(=O)O. The van der Waals surface area contributed by atoms with E-state index >= 15 is 0 Å². The van der Waals surface area contributed by atoms with Crippen LogP contribution in [0.5, 0.6) is 0 Å². The Hall–Kier alpha value is -1.34. The Bertz CT molecular complexity index is 408. The second-order valence-electron chi connectivity index (χ2n) is 6.45. The highest BCUT2D eigenvalue weighted by Crippen LogP contribution is 2.24. The number of carbonyl (C=O) groups excluding carboxylic acids is 1. The number of ether oxygens (including phenoxy) is 1. The second kappa shape index (κ2) is 6.19. The van der Waals surface area contributed by atoms with Gasteiger partial charge in [-0.25, -0.2) is 9.59 Å². The van der Waals surface area contributed by atoms with Crippen LogP contribution >= 0.6 is 0 Å². The summed E-state index contributed by atoms with van der Waals surface area (Å²) in [6.07, 6.45) is -0.454. The number of amides is 2. The van der Waals surface area contributed by atoms with Crippen molar-refractivity contribution in [2.24, 2.45) is 0 Å². The topological polar surface area (TPSA) is 90.3 Å². The predicted molar refractivity (Wildman–Crippen MR) is 77.1 cm³/mol. The monoisotopic (exact) mass is 302 g/mol. The zero-order valence-electron chi connectivity index (χ0n) is 13.4. The number of likely N-dealkylation sites (N-methyl/N-ethyl adjacent to an activating group) is 1. The van der Waals surface area contributed by atoms with E-state index in [-0.39, 0.29) is 19.2 Å². The Morgan fingerprint density at radius 3 is 2.43 bits per heavy atom. The Morgan fingerprint density at radius 1 is 1.43 bits per heavy atom. The van der Waals surface area contributed by atoms with Gasteiger partial charge in [-0.3, -0.25) is 0 Å². The van der Waals surface area contributed by atoms with Gasteiger partial charge in [0, 0.05) is 6.54 Å². The quantitative estimate of drug-likeness (QED) is 0.800. The Balaban J connectivity index is 2.97. The maximum atomic E-state index is 12.7. The van der Waals surface area contributed by atoms with Gasteiger partial charge in [-0.1, -0.05) is 0 Å². The van der Waals surface area contributed by atoms with Gasteiger partial charge in [0.1, 0.15) is 5.54 Å². The van der Waals surface area contributed by atoms with Crippen molar-refractivity contribution < 1.29 is 24.5 Å². The first kappa shape index (κ1) is 17.7. The van der Waals surface area contributed by atoms with Crippen LogP contribution in [0, 0.1) is 0 Å². The van der Waals surface area contributed by atoms with E-state index in [1.807, 2.05) is 13.8 Å². The molecule has 0 aromatic rings. The van der Waals surface area contributed by atoms with E-state index in [2.05, 4.69) is 0 Å². The molecular formula is C14H26N2O5. The van der Waals surface area contributed by atoms with Crippen LogP contribution in [0.25, 0.3) is 0 Å². The van der Waals surface area contributed by atoms with E-state index in [4.69, 9.17) is 4.74 Å². The molecule has 1 aliphatic rings. The van der Waals surface area contributed by atoms with Crippen molar-refractivity contribution in [1.82, 2.24) is 9.80 Å². The summed E-state index contributed by atoms with van der Waals surface area (Å²) < 4.78 is 5.67. The van der Waals surface area contributed by atoms with Crippen LogP contribution in [-0.2, 0) is 9.53 Å². The lowest BCUT2D eigenvalue weighted by Gasteiger charge is -2.45. The largest absolute Gasteiger partial charge is 0.480 e. The molecule has 1 fully saturated rings. The Labute approximate surface area is 125 Å². The molecule has 122 valence electrons. The summed E-state index contributed by atoms with van der Waals surface area (Å²) >= 11 is 0. The Kier molecular flexibility index (Phi) is 5.22. The average molecular weight is 302 g/mol. The molecule has 0 radical (unpaired) electrons. The molecule has 0 aromatic heterocycles. The van der Waals surface area contributed by atoms with Crippen LogP contribution in [0.2, 0.25) is 0 Å². The number of aliphatic carboxylic acids is 1. The van der Waals surface area contributed by atoms with Crippen LogP contribution in [0.15, 0.2) is 0 Å². The average Bonchev–Trinajstić information content (AvgIpc) is 2.36. The van der Waals surface area contributed by atoms with Crippen LogP contribution in [0.3, 0.4) is 0 Å². The van der Waals surface area contributed by atoms with E-state index in [1.54, 1.807) is 11.8 Å². The first-order valence-corrected chi connectivity index (χ1v) is 7.13. The number of carbonyl (C=O) groups is 2. The van der Waals surface area contributed by atoms with E-state index in [9.17, 15) is 19.8 Å². The number of hydrogen-bond acceptors (Lipinski definition) is 4. The fourth-order valence-corrected chi connectivity index (χ4v) is 2.59. The number of aliphatic hydroxyl groups excluding tert-OH is 1. The number of nitrogens with zero attached hydrogens (tertiary/aromatic N) is 2. The Morgan fingerprint density at radius 2 is 2.00 bits per heavy atom. The van der Waals surface area contributed by atoms with Crippen LogP contribution in [0.4, 0.5) is 4.79 Å². The standard InChI is InChI=1S/C14H26N2O5/c1-6-16(14(4,5)11(18)19)12(20)15-7-10(8-17)21-13(2,3)9-15/h10,17H,6-9H2,1-5H3,(H,18,19). The summed E-state index contributed by atoms with van der Waals surface area (Å²) in [5.41, 5.74) is -1.86. The third-order valence-corrected chi connectivity index (χ3v) is 3.70. The van der Waals surface area contributed by atoms with E-state index in [0.717, 1.165) is 0 Å². The number of morpholine rings is 1. The minimum atomic E-state index is -1.29.